The van der Waals surface area contributed by atoms with E-state index in [1.807, 2.05) is 25.2 Å². The topological polar surface area (TPSA) is 53.6 Å². The first kappa shape index (κ1) is 12.4. The summed E-state index contributed by atoms with van der Waals surface area (Å²) in [5.74, 6) is 0.767. The molecule has 0 aliphatic heterocycles. The molecule has 17 heavy (non-hydrogen) atoms. The van der Waals surface area contributed by atoms with Crippen LogP contribution in [0.5, 0.6) is 0 Å². The first-order valence-electron chi connectivity index (χ1n) is 5.17. The normalized spacial score (nSPS) is 12.6. The zero-order chi connectivity index (χ0) is 12.3. The second-order valence-electron chi connectivity index (χ2n) is 3.62. The lowest BCUT2D eigenvalue weighted by atomic mass is 10.1. The molecule has 0 amide bonds. The lowest BCUT2D eigenvalue weighted by Gasteiger charge is -2.15. The zero-order valence-corrected chi connectivity index (χ0v) is 10.8. The summed E-state index contributed by atoms with van der Waals surface area (Å²) >= 11 is 12.3. The van der Waals surface area contributed by atoms with Crippen molar-refractivity contribution in [2.24, 2.45) is 0 Å². The number of hydrogen-bond donors (Lipinski definition) is 2. The Kier molecular flexibility index (Phi) is 3.99. The van der Waals surface area contributed by atoms with Gasteiger partial charge in [0.25, 0.3) is 0 Å². The lowest BCUT2D eigenvalue weighted by molar-refractivity contribution is 0.560. The third kappa shape index (κ3) is 2.77. The Hall–Kier alpha value is -1.10. The summed E-state index contributed by atoms with van der Waals surface area (Å²) in [6, 6.07) is 5.50. The summed E-state index contributed by atoms with van der Waals surface area (Å²) in [5, 5.41) is 11.2. The molecule has 0 spiro atoms. The van der Waals surface area contributed by atoms with E-state index in [2.05, 4.69) is 20.5 Å². The third-order valence-electron chi connectivity index (χ3n) is 2.58. The van der Waals surface area contributed by atoms with Crippen molar-refractivity contribution in [2.45, 2.75) is 12.5 Å². The largest absolute Gasteiger partial charge is 0.310 e. The Morgan fingerprint density at radius 3 is 2.59 bits per heavy atom. The Balaban J connectivity index is 2.25. The number of aromatic nitrogens is 3. The van der Waals surface area contributed by atoms with Crippen molar-refractivity contribution in [3.63, 3.8) is 0 Å². The third-order valence-corrected chi connectivity index (χ3v) is 3.29. The number of benzene rings is 1. The number of nitrogens with one attached hydrogen (secondary N) is 2. The number of hydrogen-bond acceptors (Lipinski definition) is 3. The summed E-state index contributed by atoms with van der Waals surface area (Å²) in [4.78, 5) is 4.13. The van der Waals surface area contributed by atoms with E-state index >= 15 is 0 Å². The van der Waals surface area contributed by atoms with Gasteiger partial charge in [-0.05, 0) is 31.2 Å². The average Bonchev–Trinajstić information content (AvgIpc) is 2.82. The summed E-state index contributed by atoms with van der Waals surface area (Å²) < 4.78 is 0. The minimum Gasteiger partial charge on any atom is -0.310 e. The van der Waals surface area contributed by atoms with Crippen LogP contribution in [0.1, 0.15) is 17.4 Å². The molecule has 1 aromatic heterocycles. The van der Waals surface area contributed by atoms with Crippen LogP contribution in [0, 0.1) is 0 Å². The molecule has 2 aromatic rings. The van der Waals surface area contributed by atoms with Gasteiger partial charge in [-0.1, -0.05) is 29.3 Å². The fourth-order valence-electron chi connectivity index (χ4n) is 1.65. The molecular weight excluding hydrogens is 259 g/mol. The molecule has 0 saturated carbocycles. The molecule has 0 saturated heterocycles. The van der Waals surface area contributed by atoms with Gasteiger partial charge in [-0.3, -0.25) is 5.10 Å². The van der Waals surface area contributed by atoms with Gasteiger partial charge in [-0.15, -0.1) is 0 Å². The Labute approximate surface area is 109 Å². The van der Waals surface area contributed by atoms with Crippen LogP contribution in [0.25, 0.3) is 0 Å². The fraction of sp³-hybridized carbons (Fsp3) is 0.273. The maximum absolute atomic E-state index is 6.13. The van der Waals surface area contributed by atoms with Crippen molar-refractivity contribution in [2.75, 3.05) is 7.05 Å². The highest BCUT2D eigenvalue weighted by atomic mass is 35.5. The monoisotopic (exact) mass is 270 g/mol. The number of H-pyrrole nitrogens is 1. The molecule has 0 aliphatic rings. The second-order valence-corrected chi connectivity index (χ2v) is 4.43. The van der Waals surface area contributed by atoms with Crippen LogP contribution in [0.4, 0.5) is 0 Å². The number of rotatable bonds is 4. The Bertz CT molecular complexity index is 464. The molecule has 0 aliphatic carbocycles. The van der Waals surface area contributed by atoms with E-state index in [9.17, 15) is 0 Å². The molecule has 0 radical (unpaired) electrons. The van der Waals surface area contributed by atoms with E-state index in [-0.39, 0.29) is 6.04 Å². The van der Waals surface area contributed by atoms with E-state index in [4.69, 9.17) is 23.2 Å². The van der Waals surface area contributed by atoms with Crippen molar-refractivity contribution >= 4 is 23.2 Å². The van der Waals surface area contributed by atoms with Gasteiger partial charge in [0.05, 0.1) is 6.04 Å². The highest BCUT2D eigenvalue weighted by molar-refractivity contribution is 6.35. The van der Waals surface area contributed by atoms with Crippen LogP contribution < -0.4 is 5.32 Å². The summed E-state index contributed by atoms with van der Waals surface area (Å²) in [6.07, 6.45) is 2.14. The number of likely N-dealkylation sites (N-methyl/N-ethyl adjacent to an activating group) is 1. The van der Waals surface area contributed by atoms with Crippen molar-refractivity contribution < 1.29 is 0 Å². The van der Waals surface area contributed by atoms with Crippen LogP contribution in [0.2, 0.25) is 10.0 Å². The van der Waals surface area contributed by atoms with E-state index < -0.39 is 0 Å². The molecule has 0 bridgehead atoms. The van der Waals surface area contributed by atoms with Crippen LogP contribution in [-0.2, 0) is 6.42 Å². The van der Waals surface area contributed by atoms with Gasteiger partial charge in [0.2, 0.25) is 0 Å². The first-order chi connectivity index (χ1) is 8.22. The van der Waals surface area contributed by atoms with Gasteiger partial charge in [-0.2, -0.15) is 5.10 Å². The zero-order valence-electron chi connectivity index (χ0n) is 9.24. The summed E-state index contributed by atoms with van der Waals surface area (Å²) in [5.41, 5.74) is 0.909. The van der Waals surface area contributed by atoms with E-state index in [0.29, 0.717) is 16.5 Å². The second kappa shape index (κ2) is 5.49. The quantitative estimate of drug-likeness (QED) is 0.898. The van der Waals surface area contributed by atoms with Crippen molar-refractivity contribution in [3.8, 4) is 0 Å². The number of aromatic amines is 1. The molecule has 4 nitrogen and oxygen atoms in total. The van der Waals surface area contributed by atoms with Gasteiger partial charge in [0, 0.05) is 10.0 Å². The maximum atomic E-state index is 6.13. The summed E-state index contributed by atoms with van der Waals surface area (Å²) in [6.45, 7) is 0. The predicted octanol–water partition coefficient (Wildman–Crippen LogP) is 2.61. The van der Waals surface area contributed by atoms with Gasteiger partial charge >= 0.3 is 0 Å². The molecular formula is C11H12Cl2N4. The first-order valence-corrected chi connectivity index (χ1v) is 5.93. The van der Waals surface area contributed by atoms with Crippen molar-refractivity contribution in [1.29, 1.82) is 0 Å². The van der Waals surface area contributed by atoms with Gasteiger partial charge in [-0.25, -0.2) is 4.98 Å². The standard InChI is InChI=1S/C11H12Cl2N4/c1-14-10(11-15-6-16-17-11)5-7-8(12)3-2-4-9(7)13/h2-4,6,10,14H,5H2,1H3,(H,15,16,17). The maximum Gasteiger partial charge on any atom is 0.141 e. The van der Waals surface area contributed by atoms with E-state index in [1.54, 1.807) is 0 Å². The van der Waals surface area contributed by atoms with Crippen molar-refractivity contribution in [3.05, 3.63) is 46.0 Å². The molecule has 1 atom stereocenters. The van der Waals surface area contributed by atoms with Crippen LogP contribution >= 0.6 is 23.2 Å². The lowest BCUT2D eigenvalue weighted by Crippen LogP contribution is -2.20. The molecule has 2 N–H and O–H groups in total. The predicted molar refractivity (Wildman–Crippen MR) is 68.3 cm³/mol. The minimum atomic E-state index is 0.00917. The molecule has 1 heterocycles. The SMILES string of the molecule is CNC(Cc1c(Cl)cccc1Cl)c1ncn[nH]1. The van der Waals surface area contributed by atoms with Crippen LogP contribution in [0.3, 0.4) is 0 Å². The highest BCUT2D eigenvalue weighted by Crippen LogP contribution is 2.28. The van der Waals surface area contributed by atoms with Crippen LogP contribution in [-0.4, -0.2) is 22.2 Å². The van der Waals surface area contributed by atoms with Gasteiger partial charge in [0.1, 0.15) is 12.2 Å². The van der Waals surface area contributed by atoms with E-state index in [0.717, 1.165) is 11.4 Å². The Morgan fingerprint density at radius 2 is 2.06 bits per heavy atom. The molecule has 6 heteroatoms. The average molecular weight is 271 g/mol. The van der Waals surface area contributed by atoms with Gasteiger partial charge in [0.15, 0.2) is 0 Å². The summed E-state index contributed by atoms with van der Waals surface area (Å²) in [7, 11) is 1.86. The van der Waals surface area contributed by atoms with E-state index in [1.165, 1.54) is 6.33 Å². The van der Waals surface area contributed by atoms with Crippen LogP contribution in [0.15, 0.2) is 24.5 Å². The molecule has 1 unspecified atom stereocenters. The molecule has 0 fully saturated rings. The molecule has 1 aromatic carbocycles. The minimum absolute atomic E-state index is 0.00917. The molecule has 90 valence electrons. The smallest absolute Gasteiger partial charge is 0.141 e. The van der Waals surface area contributed by atoms with Crippen molar-refractivity contribution in [1.82, 2.24) is 20.5 Å². The highest BCUT2D eigenvalue weighted by Gasteiger charge is 2.16. The number of nitrogens with zero attached hydrogens (tertiary/aromatic N) is 2. The molecule has 2 rings (SSSR count). The fourth-order valence-corrected chi connectivity index (χ4v) is 2.20. The van der Waals surface area contributed by atoms with Gasteiger partial charge < -0.3 is 5.32 Å². The number of halogens is 2. The Morgan fingerprint density at radius 1 is 1.35 bits per heavy atom.